The van der Waals surface area contributed by atoms with E-state index >= 15 is 0 Å². The van der Waals surface area contributed by atoms with Crippen LogP contribution in [0.15, 0.2) is 34.0 Å². The average Bonchev–Trinajstić information content (AvgIpc) is 3.20. The Kier molecular flexibility index (Phi) is 4.22. The Morgan fingerprint density at radius 2 is 2.09 bits per heavy atom. The topological polar surface area (TPSA) is 99.6 Å². The third-order valence-electron chi connectivity index (χ3n) is 3.52. The molecule has 1 saturated heterocycles. The molecule has 0 atom stereocenters. The van der Waals surface area contributed by atoms with Gasteiger partial charge in [-0.1, -0.05) is 6.07 Å². The van der Waals surface area contributed by atoms with Gasteiger partial charge in [-0.15, -0.1) is 11.3 Å². The summed E-state index contributed by atoms with van der Waals surface area (Å²) in [6, 6.07) is 4.46. The van der Waals surface area contributed by atoms with Crippen molar-refractivity contribution in [1.29, 1.82) is 0 Å². The number of nitrogens with zero attached hydrogens (tertiary/aromatic N) is 2. The van der Waals surface area contributed by atoms with Crippen molar-refractivity contribution in [1.82, 2.24) is 4.98 Å². The molecular formula is C14H15N3O4S2. The summed E-state index contributed by atoms with van der Waals surface area (Å²) in [7, 11) is -3.76. The van der Waals surface area contributed by atoms with E-state index in [1.807, 2.05) is 4.90 Å². The maximum Gasteiger partial charge on any atom is 0.337 e. The highest BCUT2D eigenvalue weighted by molar-refractivity contribution is 7.94. The van der Waals surface area contributed by atoms with E-state index in [2.05, 4.69) is 9.71 Å². The third kappa shape index (κ3) is 3.30. The molecule has 0 spiro atoms. The minimum Gasteiger partial charge on any atom is -0.478 e. The van der Waals surface area contributed by atoms with E-state index in [0.717, 1.165) is 37.3 Å². The largest absolute Gasteiger partial charge is 0.478 e. The van der Waals surface area contributed by atoms with Crippen LogP contribution in [0, 0.1) is 0 Å². The van der Waals surface area contributed by atoms with Crippen molar-refractivity contribution in [3.05, 3.63) is 35.3 Å². The van der Waals surface area contributed by atoms with Gasteiger partial charge >= 0.3 is 5.97 Å². The Labute approximate surface area is 137 Å². The fourth-order valence-electron chi connectivity index (χ4n) is 2.44. The maximum absolute atomic E-state index is 12.4. The minimum atomic E-state index is -3.76. The van der Waals surface area contributed by atoms with Gasteiger partial charge in [-0.25, -0.2) is 18.2 Å². The van der Waals surface area contributed by atoms with Gasteiger partial charge in [0.05, 0.1) is 11.3 Å². The molecule has 23 heavy (non-hydrogen) atoms. The molecule has 9 heteroatoms. The molecule has 0 saturated carbocycles. The molecule has 0 amide bonds. The molecule has 0 bridgehead atoms. The maximum atomic E-state index is 12.4. The van der Waals surface area contributed by atoms with Gasteiger partial charge in [0.2, 0.25) is 0 Å². The van der Waals surface area contributed by atoms with Gasteiger partial charge in [0, 0.05) is 19.3 Å². The summed E-state index contributed by atoms with van der Waals surface area (Å²) >= 11 is 1.10. The van der Waals surface area contributed by atoms with Crippen LogP contribution in [0.2, 0.25) is 0 Å². The quantitative estimate of drug-likeness (QED) is 0.855. The van der Waals surface area contributed by atoms with Gasteiger partial charge in [-0.2, -0.15) is 0 Å². The van der Waals surface area contributed by atoms with Crippen molar-refractivity contribution >= 4 is 38.8 Å². The normalized spacial score (nSPS) is 14.9. The first kappa shape index (κ1) is 15.8. The second kappa shape index (κ2) is 6.17. The zero-order chi connectivity index (χ0) is 16.4. The van der Waals surface area contributed by atoms with Gasteiger partial charge in [0.15, 0.2) is 5.82 Å². The summed E-state index contributed by atoms with van der Waals surface area (Å²) in [6.07, 6.45) is 3.25. The van der Waals surface area contributed by atoms with E-state index in [0.29, 0.717) is 5.82 Å². The SMILES string of the molecule is O=C(O)c1cnc(N2CCCC2)c(NS(=O)(=O)c2cccs2)c1. The first-order valence-electron chi connectivity index (χ1n) is 7.02. The van der Waals surface area contributed by atoms with Crippen LogP contribution in [0.25, 0.3) is 0 Å². The molecule has 0 aromatic carbocycles. The summed E-state index contributed by atoms with van der Waals surface area (Å²) in [4.78, 5) is 17.3. The molecule has 3 rings (SSSR count). The number of sulfonamides is 1. The lowest BCUT2D eigenvalue weighted by Gasteiger charge is -2.20. The van der Waals surface area contributed by atoms with E-state index in [9.17, 15) is 13.2 Å². The lowest BCUT2D eigenvalue weighted by atomic mass is 10.2. The number of thiophene rings is 1. The standard InChI is InChI=1S/C14H15N3O4S2/c18-14(19)10-8-11(13(15-9-10)17-5-1-2-6-17)16-23(20,21)12-4-3-7-22-12/h3-4,7-9,16H,1-2,5-6H2,(H,18,19). The zero-order valence-corrected chi connectivity index (χ0v) is 13.7. The molecule has 1 aliphatic heterocycles. The molecular weight excluding hydrogens is 338 g/mol. The Bertz CT molecular complexity index is 813. The lowest BCUT2D eigenvalue weighted by molar-refractivity contribution is 0.0696. The number of anilines is 2. The summed E-state index contributed by atoms with van der Waals surface area (Å²) < 4.78 is 27.5. The predicted molar refractivity (Wildman–Crippen MR) is 87.8 cm³/mol. The zero-order valence-electron chi connectivity index (χ0n) is 12.1. The van der Waals surface area contributed by atoms with E-state index < -0.39 is 16.0 Å². The van der Waals surface area contributed by atoms with E-state index in [4.69, 9.17) is 5.11 Å². The minimum absolute atomic E-state index is 0.0585. The summed E-state index contributed by atoms with van der Waals surface area (Å²) in [5, 5.41) is 10.8. The van der Waals surface area contributed by atoms with Gasteiger partial charge in [0.25, 0.3) is 10.0 Å². The summed E-state index contributed by atoms with van der Waals surface area (Å²) in [6.45, 7) is 1.54. The highest BCUT2D eigenvalue weighted by Gasteiger charge is 2.23. The molecule has 2 aromatic rings. The number of nitrogens with one attached hydrogen (secondary N) is 1. The monoisotopic (exact) mass is 353 g/mol. The fraction of sp³-hybridized carbons (Fsp3) is 0.286. The summed E-state index contributed by atoms with van der Waals surface area (Å²) in [5.74, 6) is -0.685. The van der Waals surface area contributed by atoms with Crippen LogP contribution in [-0.2, 0) is 10.0 Å². The highest BCUT2D eigenvalue weighted by Crippen LogP contribution is 2.30. The van der Waals surface area contributed by atoms with E-state index in [-0.39, 0.29) is 15.5 Å². The van der Waals surface area contributed by atoms with E-state index in [1.54, 1.807) is 11.4 Å². The van der Waals surface area contributed by atoms with Crippen molar-refractivity contribution < 1.29 is 18.3 Å². The molecule has 0 unspecified atom stereocenters. The number of pyridine rings is 1. The second-order valence-corrected chi connectivity index (χ2v) is 7.99. The van der Waals surface area contributed by atoms with Crippen LogP contribution < -0.4 is 9.62 Å². The number of carboxylic acid groups (broad SMARTS) is 1. The number of carbonyl (C=O) groups is 1. The van der Waals surface area contributed by atoms with Gasteiger partial charge in [0.1, 0.15) is 4.21 Å². The molecule has 2 N–H and O–H groups in total. The van der Waals surface area contributed by atoms with Crippen molar-refractivity contribution in [2.75, 3.05) is 22.7 Å². The fourth-order valence-corrected chi connectivity index (χ4v) is 4.49. The van der Waals surface area contributed by atoms with E-state index in [1.165, 1.54) is 18.3 Å². The van der Waals surface area contributed by atoms with Crippen LogP contribution in [0.3, 0.4) is 0 Å². The molecule has 1 fully saturated rings. The van der Waals surface area contributed by atoms with Crippen LogP contribution in [0.4, 0.5) is 11.5 Å². The molecule has 7 nitrogen and oxygen atoms in total. The number of aromatic carboxylic acids is 1. The predicted octanol–water partition coefficient (Wildman–Crippen LogP) is 2.24. The first-order valence-corrected chi connectivity index (χ1v) is 9.38. The Hall–Kier alpha value is -2.13. The smallest absolute Gasteiger partial charge is 0.337 e. The Morgan fingerprint density at radius 1 is 1.35 bits per heavy atom. The molecule has 1 aliphatic rings. The van der Waals surface area contributed by atoms with Crippen LogP contribution in [0.5, 0.6) is 0 Å². The number of hydrogen-bond donors (Lipinski definition) is 2. The molecule has 0 radical (unpaired) electrons. The molecule has 0 aliphatic carbocycles. The number of rotatable bonds is 5. The van der Waals surface area contributed by atoms with Crippen molar-refractivity contribution in [2.45, 2.75) is 17.1 Å². The number of aromatic nitrogens is 1. The van der Waals surface area contributed by atoms with Crippen LogP contribution in [0.1, 0.15) is 23.2 Å². The van der Waals surface area contributed by atoms with Gasteiger partial charge in [-0.3, -0.25) is 4.72 Å². The lowest BCUT2D eigenvalue weighted by Crippen LogP contribution is -2.22. The van der Waals surface area contributed by atoms with Crippen LogP contribution >= 0.6 is 11.3 Å². The number of carboxylic acids is 1. The average molecular weight is 353 g/mol. The third-order valence-corrected chi connectivity index (χ3v) is 6.29. The molecule has 122 valence electrons. The number of hydrogen-bond acceptors (Lipinski definition) is 6. The molecule has 3 heterocycles. The Balaban J connectivity index is 2.01. The Morgan fingerprint density at radius 3 is 2.70 bits per heavy atom. The molecule has 2 aromatic heterocycles. The van der Waals surface area contributed by atoms with Crippen molar-refractivity contribution in [3.63, 3.8) is 0 Å². The van der Waals surface area contributed by atoms with Gasteiger partial charge < -0.3 is 10.0 Å². The summed E-state index contributed by atoms with van der Waals surface area (Å²) in [5.41, 5.74) is 0.136. The highest BCUT2D eigenvalue weighted by atomic mass is 32.2. The second-order valence-electron chi connectivity index (χ2n) is 5.13. The first-order chi connectivity index (χ1) is 11.0. The van der Waals surface area contributed by atoms with Gasteiger partial charge in [-0.05, 0) is 30.4 Å². The van der Waals surface area contributed by atoms with Crippen molar-refractivity contribution in [3.8, 4) is 0 Å². The van der Waals surface area contributed by atoms with Crippen LogP contribution in [-0.4, -0.2) is 37.6 Å². The van der Waals surface area contributed by atoms with Crippen molar-refractivity contribution in [2.24, 2.45) is 0 Å².